The second-order valence-electron chi connectivity index (χ2n) is 10.0. The van der Waals surface area contributed by atoms with E-state index in [4.69, 9.17) is 38.4 Å². The van der Waals surface area contributed by atoms with E-state index in [1.165, 1.54) is 0 Å². The monoisotopic (exact) mass is 651 g/mol. The first-order valence-electron chi connectivity index (χ1n) is 11.8. The molecule has 0 bridgehead atoms. The van der Waals surface area contributed by atoms with Crippen molar-refractivity contribution >= 4 is 51.6 Å². The van der Waals surface area contributed by atoms with Gasteiger partial charge in [0.25, 0.3) is 0 Å². The standard InChI is InChI=1S/C28H28Cl2IN3O3/c1-28(2)12-22-26(23(35)13-28)25(19(14-32)27(33)34(22)8-9-36-3)16-5-7-24(21(31)10-16)37-15-17-4-6-18(29)11-20(17)30/h4-7,10-11,25H,8-9,12-13,15,33H2,1-3H3/t25-/m1/s1. The molecule has 1 heterocycles. The van der Waals surface area contributed by atoms with Crippen LogP contribution < -0.4 is 10.5 Å². The van der Waals surface area contributed by atoms with Crippen LogP contribution in [0.4, 0.5) is 0 Å². The number of nitrogens with zero attached hydrogens (tertiary/aromatic N) is 2. The number of ketones is 1. The number of carbonyl (C=O) groups excluding carboxylic acids is 1. The smallest absolute Gasteiger partial charge is 0.162 e. The molecule has 1 atom stereocenters. The Hall–Kier alpha value is -2.25. The van der Waals surface area contributed by atoms with Crippen molar-refractivity contribution in [2.45, 2.75) is 39.2 Å². The number of ether oxygens (including phenoxy) is 2. The summed E-state index contributed by atoms with van der Waals surface area (Å²) in [6.45, 7) is 5.35. The van der Waals surface area contributed by atoms with Crippen molar-refractivity contribution in [3.05, 3.63) is 83.8 Å². The first-order valence-corrected chi connectivity index (χ1v) is 13.7. The Labute approximate surface area is 241 Å². The molecule has 4 rings (SSSR count). The molecular formula is C28H28Cl2IN3O3. The first kappa shape index (κ1) is 27.8. The summed E-state index contributed by atoms with van der Waals surface area (Å²) in [5.41, 5.74) is 9.94. The molecule has 0 radical (unpaired) electrons. The van der Waals surface area contributed by atoms with Gasteiger partial charge in [0, 0.05) is 47.0 Å². The van der Waals surface area contributed by atoms with E-state index in [-0.39, 0.29) is 17.8 Å². The zero-order valence-electron chi connectivity index (χ0n) is 20.9. The molecule has 0 aromatic heterocycles. The lowest BCUT2D eigenvalue weighted by atomic mass is 9.68. The lowest BCUT2D eigenvalue weighted by Crippen LogP contribution is -2.43. The third kappa shape index (κ3) is 5.78. The highest BCUT2D eigenvalue weighted by molar-refractivity contribution is 14.1. The van der Waals surface area contributed by atoms with Crippen LogP contribution in [0.5, 0.6) is 5.75 Å². The third-order valence-corrected chi connectivity index (χ3v) is 8.12. The maximum atomic E-state index is 13.5. The molecule has 0 amide bonds. The van der Waals surface area contributed by atoms with Crippen molar-refractivity contribution in [1.82, 2.24) is 4.90 Å². The number of hydrogen-bond acceptors (Lipinski definition) is 6. The molecule has 0 saturated heterocycles. The number of halogens is 3. The van der Waals surface area contributed by atoms with Gasteiger partial charge in [-0.25, -0.2) is 0 Å². The van der Waals surface area contributed by atoms with E-state index in [1.807, 2.05) is 29.2 Å². The van der Waals surface area contributed by atoms with Crippen LogP contribution in [0.15, 0.2) is 59.1 Å². The van der Waals surface area contributed by atoms with Crippen molar-refractivity contribution in [2.24, 2.45) is 11.1 Å². The van der Waals surface area contributed by atoms with Gasteiger partial charge < -0.3 is 20.1 Å². The largest absolute Gasteiger partial charge is 0.488 e. The van der Waals surface area contributed by atoms with Gasteiger partial charge in [-0.3, -0.25) is 4.79 Å². The maximum absolute atomic E-state index is 13.5. The highest BCUT2D eigenvalue weighted by atomic mass is 127. The molecule has 2 aliphatic rings. The van der Waals surface area contributed by atoms with Crippen LogP contribution in [-0.2, 0) is 16.1 Å². The summed E-state index contributed by atoms with van der Waals surface area (Å²) in [5.74, 6) is 0.567. The number of carbonyl (C=O) groups is 1. The Morgan fingerprint density at radius 3 is 2.62 bits per heavy atom. The van der Waals surface area contributed by atoms with Crippen molar-refractivity contribution in [3.8, 4) is 11.8 Å². The minimum Gasteiger partial charge on any atom is -0.488 e. The highest BCUT2D eigenvalue weighted by Crippen LogP contribution is 2.49. The van der Waals surface area contributed by atoms with Crippen molar-refractivity contribution in [2.75, 3.05) is 20.3 Å². The van der Waals surface area contributed by atoms with Gasteiger partial charge in [-0.2, -0.15) is 5.26 Å². The van der Waals surface area contributed by atoms with E-state index in [2.05, 4.69) is 42.5 Å². The molecule has 0 unspecified atom stereocenters. The highest BCUT2D eigenvalue weighted by Gasteiger charge is 2.44. The molecule has 194 valence electrons. The summed E-state index contributed by atoms with van der Waals surface area (Å²) in [5, 5.41) is 11.3. The fourth-order valence-electron chi connectivity index (χ4n) is 4.95. The second kappa shape index (κ2) is 11.2. The molecule has 0 spiro atoms. The minimum absolute atomic E-state index is 0.0478. The number of rotatable bonds is 7. The molecule has 1 aliphatic carbocycles. The average molecular weight is 652 g/mol. The number of nitrogens with two attached hydrogens (primary N) is 1. The number of benzene rings is 2. The zero-order valence-corrected chi connectivity index (χ0v) is 24.6. The topological polar surface area (TPSA) is 88.6 Å². The molecular weight excluding hydrogens is 624 g/mol. The van der Waals surface area contributed by atoms with Gasteiger partial charge in [0.05, 0.1) is 27.7 Å². The fraction of sp³-hybridized carbons (Fsp3) is 0.357. The van der Waals surface area contributed by atoms with E-state index in [0.29, 0.717) is 58.8 Å². The summed E-state index contributed by atoms with van der Waals surface area (Å²) in [4.78, 5) is 15.4. The third-order valence-electron chi connectivity index (χ3n) is 6.69. The van der Waals surface area contributed by atoms with Gasteiger partial charge in [-0.1, -0.05) is 49.2 Å². The van der Waals surface area contributed by atoms with Gasteiger partial charge in [-0.05, 0) is 64.3 Å². The summed E-state index contributed by atoms with van der Waals surface area (Å²) in [7, 11) is 1.62. The van der Waals surface area contributed by atoms with E-state index in [1.54, 1.807) is 19.2 Å². The Morgan fingerprint density at radius 2 is 1.97 bits per heavy atom. The number of Topliss-reactive ketones (excluding diaryl/α,β-unsaturated/α-hetero) is 1. The van der Waals surface area contributed by atoms with E-state index in [0.717, 1.165) is 20.4 Å². The molecule has 37 heavy (non-hydrogen) atoms. The Morgan fingerprint density at radius 1 is 1.22 bits per heavy atom. The summed E-state index contributed by atoms with van der Waals surface area (Å²) >= 11 is 14.5. The van der Waals surface area contributed by atoms with Gasteiger partial charge >= 0.3 is 0 Å². The molecule has 2 N–H and O–H groups in total. The molecule has 2 aromatic rings. The number of hydrogen-bond donors (Lipinski definition) is 1. The van der Waals surface area contributed by atoms with E-state index < -0.39 is 5.92 Å². The molecule has 9 heteroatoms. The number of allylic oxidation sites excluding steroid dienone is 3. The number of nitriles is 1. The predicted octanol–water partition coefficient (Wildman–Crippen LogP) is 6.56. The van der Waals surface area contributed by atoms with Crippen LogP contribution in [0.3, 0.4) is 0 Å². The van der Waals surface area contributed by atoms with Crippen LogP contribution in [0.2, 0.25) is 10.0 Å². The molecule has 1 aliphatic heterocycles. The van der Waals surface area contributed by atoms with Crippen molar-refractivity contribution < 1.29 is 14.3 Å². The lowest BCUT2D eigenvalue weighted by Gasteiger charge is -2.43. The quantitative estimate of drug-likeness (QED) is 0.341. The molecule has 0 saturated carbocycles. The van der Waals surface area contributed by atoms with Crippen LogP contribution in [0.25, 0.3) is 0 Å². The molecule has 6 nitrogen and oxygen atoms in total. The predicted molar refractivity (Wildman–Crippen MR) is 153 cm³/mol. The van der Waals surface area contributed by atoms with Crippen LogP contribution in [0, 0.1) is 20.3 Å². The average Bonchev–Trinajstić information content (AvgIpc) is 2.82. The Balaban J connectivity index is 1.71. The van der Waals surface area contributed by atoms with Crippen LogP contribution in [0.1, 0.15) is 43.7 Å². The van der Waals surface area contributed by atoms with Crippen LogP contribution >= 0.6 is 45.8 Å². The maximum Gasteiger partial charge on any atom is 0.162 e. The lowest BCUT2D eigenvalue weighted by molar-refractivity contribution is -0.118. The van der Waals surface area contributed by atoms with Crippen molar-refractivity contribution in [1.29, 1.82) is 5.26 Å². The van der Waals surface area contributed by atoms with Gasteiger partial charge in [-0.15, -0.1) is 0 Å². The van der Waals surface area contributed by atoms with Gasteiger partial charge in [0.15, 0.2) is 5.78 Å². The zero-order chi connectivity index (χ0) is 26.9. The SMILES string of the molecule is COCCN1C(N)=C(C#N)[C@@H](c2ccc(OCc3ccc(Cl)cc3Cl)c(I)c2)C2=C1CC(C)(C)CC2=O. The van der Waals surface area contributed by atoms with Crippen molar-refractivity contribution in [3.63, 3.8) is 0 Å². The van der Waals surface area contributed by atoms with Crippen LogP contribution in [-0.4, -0.2) is 30.9 Å². The second-order valence-corrected chi connectivity index (χ2v) is 12.0. The van der Waals surface area contributed by atoms with Gasteiger partial charge in [0.1, 0.15) is 18.2 Å². The summed E-state index contributed by atoms with van der Waals surface area (Å²) in [6.07, 6.45) is 1.10. The first-order chi connectivity index (χ1) is 17.6. The van der Waals surface area contributed by atoms with Gasteiger partial charge in [0.2, 0.25) is 0 Å². The number of methoxy groups -OCH3 is 1. The normalized spacial score (nSPS) is 19.1. The van der Waals surface area contributed by atoms with E-state index in [9.17, 15) is 10.1 Å². The fourth-order valence-corrected chi connectivity index (χ4v) is 6.11. The summed E-state index contributed by atoms with van der Waals surface area (Å²) in [6, 6.07) is 13.3. The van der Waals surface area contributed by atoms with E-state index >= 15 is 0 Å². The molecule has 0 fully saturated rings. The molecule has 2 aromatic carbocycles. The Kier molecular flexibility index (Phi) is 8.44. The Bertz CT molecular complexity index is 1350. The minimum atomic E-state index is -0.532. The summed E-state index contributed by atoms with van der Waals surface area (Å²) < 4.78 is 12.2.